The highest BCUT2D eigenvalue weighted by Gasteiger charge is 2.61. The summed E-state index contributed by atoms with van der Waals surface area (Å²) in [4.78, 5) is 39.0. The number of hydrogen-bond donors (Lipinski definition) is 0. The van der Waals surface area contributed by atoms with E-state index in [1.807, 2.05) is 0 Å². The maximum atomic E-state index is 12.9. The number of carbonyl (C=O) groups excluding carboxylic acids is 3. The van der Waals surface area contributed by atoms with Crippen LogP contribution in [0, 0.1) is 23.7 Å². The molecule has 5 nitrogen and oxygen atoms in total. The van der Waals surface area contributed by atoms with Crippen LogP contribution in [0.5, 0.6) is 5.75 Å². The minimum Gasteiger partial charge on any atom is -0.426 e. The second-order valence-electron chi connectivity index (χ2n) is 7.83. The SMILES string of the molecule is CCCCCC(=O)Oc1cccc(N2C(=O)[C@H]3[C@@H]4CC[C@@H](C4)[C@@H]3C2=O)c1. The number of esters is 1. The summed E-state index contributed by atoms with van der Waals surface area (Å²) in [5.41, 5.74) is 0.521. The first-order valence-electron chi connectivity index (χ1n) is 9.78. The van der Waals surface area contributed by atoms with Gasteiger partial charge in [-0.2, -0.15) is 0 Å². The molecule has 2 aliphatic carbocycles. The van der Waals surface area contributed by atoms with Crippen molar-refractivity contribution < 1.29 is 19.1 Å². The molecule has 26 heavy (non-hydrogen) atoms. The number of hydrogen-bond acceptors (Lipinski definition) is 4. The molecule has 4 atom stereocenters. The molecule has 0 radical (unpaired) electrons. The highest BCUT2D eigenvalue weighted by atomic mass is 16.5. The van der Waals surface area contributed by atoms with Crippen molar-refractivity contribution in [3.05, 3.63) is 24.3 Å². The molecular weight excluding hydrogens is 330 g/mol. The summed E-state index contributed by atoms with van der Waals surface area (Å²) >= 11 is 0. The van der Waals surface area contributed by atoms with Crippen LogP contribution in [-0.2, 0) is 14.4 Å². The Bertz CT molecular complexity index is 715. The lowest BCUT2D eigenvalue weighted by Crippen LogP contribution is -2.32. The lowest BCUT2D eigenvalue weighted by molar-refractivity contribution is -0.134. The van der Waals surface area contributed by atoms with Crippen LogP contribution in [0.3, 0.4) is 0 Å². The lowest BCUT2D eigenvalue weighted by atomic mass is 9.81. The number of fused-ring (bicyclic) bond motifs is 5. The van der Waals surface area contributed by atoms with Crippen molar-refractivity contribution in [1.29, 1.82) is 0 Å². The van der Waals surface area contributed by atoms with Gasteiger partial charge in [-0.1, -0.05) is 25.8 Å². The minimum absolute atomic E-state index is 0.0707. The molecule has 138 valence electrons. The van der Waals surface area contributed by atoms with Gasteiger partial charge in [0.2, 0.25) is 11.8 Å². The van der Waals surface area contributed by atoms with Crippen LogP contribution in [0.15, 0.2) is 24.3 Å². The average molecular weight is 355 g/mol. The van der Waals surface area contributed by atoms with Crippen LogP contribution in [-0.4, -0.2) is 17.8 Å². The summed E-state index contributed by atoms with van der Waals surface area (Å²) in [6.07, 6.45) is 6.39. The second kappa shape index (κ2) is 6.86. The van der Waals surface area contributed by atoms with Gasteiger partial charge in [0, 0.05) is 12.5 Å². The Balaban J connectivity index is 1.49. The van der Waals surface area contributed by atoms with E-state index >= 15 is 0 Å². The zero-order chi connectivity index (χ0) is 18.3. The van der Waals surface area contributed by atoms with E-state index in [0.717, 1.165) is 38.5 Å². The molecule has 1 saturated heterocycles. The van der Waals surface area contributed by atoms with E-state index in [-0.39, 0.29) is 29.6 Å². The molecular formula is C21H25NO4. The Labute approximate surface area is 153 Å². The quantitative estimate of drug-likeness (QED) is 0.338. The summed E-state index contributed by atoms with van der Waals surface area (Å²) in [5.74, 6) is 0.437. The molecule has 5 heteroatoms. The van der Waals surface area contributed by atoms with Gasteiger partial charge in [0.05, 0.1) is 17.5 Å². The van der Waals surface area contributed by atoms with Gasteiger partial charge in [-0.15, -0.1) is 0 Å². The fraction of sp³-hybridized carbons (Fsp3) is 0.571. The fourth-order valence-electron chi connectivity index (χ4n) is 5.05. The number of benzene rings is 1. The topological polar surface area (TPSA) is 63.7 Å². The van der Waals surface area contributed by atoms with Crippen LogP contribution in [0.4, 0.5) is 5.69 Å². The average Bonchev–Trinajstić information content (AvgIpc) is 3.29. The number of unbranched alkanes of at least 4 members (excludes halogenated alkanes) is 2. The molecule has 1 aliphatic heterocycles. The van der Waals surface area contributed by atoms with Crippen LogP contribution < -0.4 is 9.64 Å². The third-order valence-electron chi connectivity index (χ3n) is 6.22. The van der Waals surface area contributed by atoms with Gasteiger partial charge in [0.15, 0.2) is 0 Å². The normalized spacial score (nSPS) is 29.3. The van der Waals surface area contributed by atoms with Crippen LogP contribution in [0.1, 0.15) is 51.9 Å². The maximum absolute atomic E-state index is 12.9. The lowest BCUT2D eigenvalue weighted by Gasteiger charge is -2.19. The predicted molar refractivity (Wildman–Crippen MR) is 96.5 cm³/mol. The standard InChI is InChI=1S/C21H25NO4/c1-2-3-4-8-17(23)26-16-7-5-6-15(12-16)22-20(24)18-13-9-10-14(11-13)19(18)21(22)25/h5-7,12-14,18-19H,2-4,8-11H2,1H3/t13-,14+,18-,19-/m0/s1. The van der Waals surface area contributed by atoms with Gasteiger partial charge in [-0.3, -0.25) is 14.4 Å². The number of nitrogens with zero attached hydrogens (tertiary/aromatic N) is 1. The molecule has 0 spiro atoms. The number of amides is 2. The zero-order valence-electron chi connectivity index (χ0n) is 15.1. The highest BCUT2D eigenvalue weighted by molar-refractivity contribution is 6.22. The molecule has 2 saturated carbocycles. The van der Waals surface area contributed by atoms with Crippen molar-refractivity contribution >= 4 is 23.5 Å². The third kappa shape index (κ3) is 2.83. The number of rotatable bonds is 6. The van der Waals surface area contributed by atoms with Crippen molar-refractivity contribution in [3.8, 4) is 5.75 Å². The van der Waals surface area contributed by atoms with Crippen molar-refractivity contribution in [2.75, 3.05) is 4.90 Å². The molecule has 1 aromatic carbocycles. The smallest absolute Gasteiger partial charge is 0.311 e. The Morgan fingerprint density at radius 1 is 1.12 bits per heavy atom. The molecule has 0 unspecified atom stereocenters. The van der Waals surface area contributed by atoms with Crippen LogP contribution in [0.25, 0.3) is 0 Å². The molecule has 3 fully saturated rings. The van der Waals surface area contributed by atoms with Crippen LogP contribution in [0.2, 0.25) is 0 Å². The summed E-state index contributed by atoms with van der Waals surface area (Å²) in [6, 6.07) is 6.80. The Morgan fingerprint density at radius 3 is 2.46 bits per heavy atom. The minimum atomic E-state index is -0.274. The molecule has 2 amide bonds. The molecule has 2 bridgehead atoms. The summed E-state index contributed by atoms with van der Waals surface area (Å²) < 4.78 is 5.39. The molecule has 1 aromatic rings. The highest BCUT2D eigenvalue weighted by Crippen LogP contribution is 2.56. The van der Waals surface area contributed by atoms with E-state index < -0.39 is 0 Å². The third-order valence-corrected chi connectivity index (χ3v) is 6.22. The first kappa shape index (κ1) is 17.3. The number of carbonyl (C=O) groups is 3. The molecule has 4 rings (SSSR count). The monoisotopic (exact) mass is 355 g/mol. The molecule has 0 aromatic heterocycles. The van der Waals surface area contributed by atoms with E-state index in [9.17, 15) is 14.4 Å². The van der Waals surface area contributed by atoms with E-state index in [2.05, 4.69) is 6.92 Å². The van der Waals surface area contributed by atoms with Crippen LogP contribution >= 0.6 is 0 Å². The Kier molecular flexibility index (Phi) is 4.55. The van der Waals surface area contributed by atoms with Gasteiger partial charge in [-0.25, -0.2) is 4.90 Å². The zero-order valence-corrected chi connectivity index (χ0v) is 15.1. The van der Waals surface area contributed by atoms with Gasteiger partial charge in [-0.05, 0) is 49.7 Å². The molecule has 1 heterocycles. The van der Waals surface area contributed by atoms with E-state index in [0.29, 0.717) is 29.7 Å². The van der Waals surface area contributed by atoms with E-state index in [1.165, 1.54) is 4.90 Å². The first-order chi connectivity index (χ1) is 12.6. The van der Waals surface area contributed by atoms with Crippen molar-refractivity contribution in [2.24, 2.45) is 23.7 Å². The summed E-state index contributed by atoms with van der Waals surface area (Å²) in [6.45, 7) is 2.08. The van der Waals surface area contributed by atoms with Gasteiger partial charge >= 0.3 is 5.97 Å². The molecule has 3 aliphatic rings. The Hall–Kier alpha value is -2.17. The van der Waals surface area contributed by atoms with Gasteiger partial charge < -0.3 is 4.74 Å². The fourth-order valence-corrected chi connectivity index (χ4v) is 5.05. The van der Waals surface area contributed by atoms with E-state index in [4.69, 9.17) is 4.74 Å². The van der Waals surface area contributed by atoms with Crippen molar-refractivity contribution in [1.82, 2.24) is 0 Å². The first-order valence-corrected chi connectivity index (χ1v) is 9.78. The molecule has 0 N–H and O–H groups in total. The Morgan fingerprint density at radius 2 is 1.81 bits per heavy atom. The van der Waals surface area contributed by atoms with Gasteiger partial charge in [0.25, 0.3) is 0 Å². The maximum Gasteiger partial charge on any atom is 0.311 e. The predicted octanol–water partition coefficient (Wildman–Crippen LogP) is 3.71. The summed E-state index contributed by atoms with van der Waals surface area (Å²) in [5, 5.41) is 0. The number of ether oxygens (including phenoxy) is 1. The van der Waals surface area contributed by atoms with Crippen molar-refractivity contribution in [2.45, 2.75) is 51.9 Å². The largest absolute Gasteiger partial charge is 0.426 e. The summed E-state index contributed by atoms with van der Waals surface area (Å²) in [7, 11) is 0. The number of imide groups is 1. The van der Waals surface area contributed by atoms with Crippen molar-refractivity contribution in [3.63, 3.8) is 0 Å². The second-order valence-corrected chi connectivity index (χ2v) is 7.83. The number of anilines is 1. The van der Waals surface area contributed by atoms with Gasteiger partial charge in [0.1, 0.15) is 5.75 Å². The van der Waals surface area contributed by atoms with E-state index in [1.54, 1.807) is 24.3 Å².